The number of H-pyrrole nitrogens is 1. The van der Waals surface area contributed by atoms with Crippen LogP contribution in [0.1, 0.15) is 6.92 Å². The van der Waals surface area contributed by atoms with Crippen LogP contribution in [0, 0.1) is 0 Å². The Morgan fingerprint density at radius 2 is 2.42 bits per heavy atom. The summed E-state index contributed by atoms with van der Waals surface area (Å²) >= 11 is 0. The molecule has 0 spiro atoms. The van der Waals surface area contributed by atoms with Gasteiger partial charge in [0.25, 0.3) is 0 Å². The van der Waals surface area contributed by atoms with Crippen LogP contribution in [-0.2, 0) is 0 Å². The van der Waals surface area contributed by atoms with Gasteiger partial charge in [0.1, 0.15) is 5.66 Å². The molecule has 0 saturated heterocycles. The van der Waals surface area contributed by atoms with Gasteiger partial charge in [-0.25, -0.2) is 0 Å². The summed E-state index contributed by atoms with van der Waals surface area (Å²) in [6.07, 6.45) is 7.63. The van der Waals surface area contributed by atoms with Gasteiger partial charge >= 0.3 is 0 Å². The van der Waals surface area contributed by atoms with E-state index in [1.807, 2.05) is 37.4 Å². The Kier molecular flexibility index (Phi) is 1.41. The van der Waals surface area contributed by atoms with Crippen LogP contribution in [0.3, 0.4) is 0 Å². The highest BCUT2D eigenvalue weighted by molar-refractivity contribution is 5.37. The zero-order valence-electron chi connectivity index (χ0n) is 6.91. The SMILES string of the molecule is CC1(N)C=CC=c2[nH]ccc2=N1. The number of fused-ring (bicyclic) bond motifs is 1. The van der Waals surface area contributed by atoms with E-state index >= 15 is 0 Å². The minimum atomic E-state index is -0.579. The molecule has 0 aromatic carbocycles. The van der Waals surface area contributed by atoms with Gasteiger partial charge in [-0.3, -0.25) is 4.99 Å². The second kappa shape index (κ2) is 2.32. The Balaban J connectivity index is 2.75. The topological polar surface area (TPSA) is 54.2 Å². The van der Waals surface area contributed by atoms with Crippen LogP contribution in [0.4, 0.5) is 0 Å². The number of hydrogen-bond donors (Lipinski definition) is 2. The maximum absolute atomic E-state index is 5.86. The molecule has 1 unspecified atom stereocenters. The van der Waals surface area contributed by atoms with Crippen molar-refractivity contribution in [1.82, 2.24) is 4.98 Å². The van der Waals surface area contributed by atoms with Crippen molar-refractivity contribution in [3.63, 3.8) is 0 Å². The van der Waals surface area contributed by atoms with Crippen molar-refractivity contribution in [2.45, 2.75) is 12.6 Å². The second-order valence-corrected chi connectivity index (χ2v) is 3.14. The van der Waals surface area contributed by atoms with Gasteiger partial charge in [-0.2, -0.15) is 0 Å². The van der Waals surface area contributed by atoms with Gasteiger partial charge in [0.05, 0.1) is 10.7 Å². The minimum Gasteiger partial charge on any atom is -0.360 e. The Morgan fingerprint density at radius 3 is 3.25 bits per heavy atom. The third kappa shape index (κ3) is 1.19. The lowest BCUT2D eigenvalue weighted by Gasteiger charge is -2.11. The maximum atomic E-state index is 5.86. The van der Waals surface area contributed by atoms with Crippen molar-refractivity contribution in [3.8, 4) is 0 Å². The molecule has 2 rings (SSSR count). The largest absolute Gasteiger partial charge is 0.360 e. The maximum Gasteiger partial charge on any atom is 0.125 e. The van der Waals surface area contributed by atoms with Crippen molar-refractivity contribution in [1.29, 1.82) is 0 Å². The first-order chi connectivity index (χ1) is 5.67. The molecule has 3 nitrogen and oxygen atoms in total. The molecule has 3 heteroatoms. The fraction of sp³-hybridized carbons (Fsp3) is 0.222. The molecule has 12 heavy (non-hydrogen) atoms. The van der Waals surface area contributed by atoms with Gasteiger partial charge in [-0.05, 0) is 25.1 Å². The number of hydrogen-bond acceptors (Lipinski definition) is 2. The van der Waals surface area contributed by atoms with Gasteiger partial charge in [0.15, 0.2) is 0 Å². The quantitative estimate of drug-likeness (QED) is 0.537. The first kappa shape index (κ1) is 7.31. The molecule has 0 aliphatic carbocycles. The summed E-state index contributed by atoms with van der Waals surface area (Å²) in [5, 5.41) is 1.94. The van der Waals surface area contributed by atoms with Crippen molar-refractivity contribution < 1.29 is 0 Å². The number of aromatic amines is 1. The van der Waals surface area contributed by atoms with E-state index in [4.69, 9.17) is 5.73 Å². The van der Waals surface area contributed by atoms with E-state index in [1.165, 1.54) is 0 Å². The molecule has 0 bridgehead atoms. The van der Waals surface area contributed by atoms with Crippen LogP contribution in [0.5, 0.6) is 0 Å². The number of nitrogens with two attached hydrogens (primary N) is 1. The Labute approximate surface area is 70.3 Å². The highest BCUT2D eigenvalue weighted by atomic mass is 15.0. The van der Waals surface area contributed by atoms with Crippen LogP contribution in [0.15, 0.2) is 29.4 Å². The van der Waals surface area contributed by atoms with Crippen LogP contribution in [-0.4, -0.2) is 10.6 Å². The van der Waals surface area contributed by atoms with Gasteiger partial charge in [0, 0.05) is 6.20 Å². The Bertz CT molecular complexity index is 423. The molecular weight excluding hydrogens is 150 g/mol. The number of nitrogens with zero attached hydrogens (tertiary/aromatic N) is 1. The van der Waals surface area contributed by atoms with E-state index in [-0.39, 0.29) is 0 Å². The van der Waals surface area contributed by atoms with E-state index in [0.717, 1.165) is 10.7 Å². The lowest BCUT2D eigenvalue weighted by molar-refractivity contribution is 0.603. The van der Waals surface area contributed by atoms with Gasteiger partial charge in [0.2, 0.25) is 0 Å². The molecule has 0 radical (unpaired) electrons. The lowest BCUT2D eigenvalue weighted by atomic mass is 10.2. The van der Waals surface area contributed by atoms with Crippen LogP contribution < -0.4 is 16.4 Å². The molecule has 1 aliphatic rings. The van der Waals surface area contributed by atoms with Crippen molar-refractivity contribution >= 4 is 6.08 Å². The number of nitrogens with one attached hydrogen (secondary N) is 1. The van der Waals surface area contributed by atoms with Gasteiger partial charge in [-0.1, -0.05) is 6.08 Å². The monoisotopic (exact) mass is 161 g/mol. The predicted octanol–water partition coefficient (Wildman–Crippen LogP) is -0.341. The van der Waals surface area contributed by atoms with Gasteiger partial charge < -0.3 is 10.7 Å². The van der Waals surface area contributed by atoms with Crippen LogP contribution in [0.25, 0.3) is 6.08 Å². The third-order valence-electron chi connectivity index (χ3n) is 1.81. The molecule has 62 valence electrons. The van der Waals surface area contributed by atoms with Crippen LogP contribution >= 0.6 is 0 Å². The molecule has 0 amide bonds. The highest BCUT2D eigenvalue weighted by Gasteiger charge is 2.11. The first-order valence-electron chi connectivity index (χ1n) is 3.89. The summed E-state index contributed by atoms with van der Waals surface area (Å²) in [5.41, 5.74) is 5.29. The molecule has 1 aliphatic heterocycles. The normalized spacial score (nSPS) is 26.8. The van der Waals surface area contributed by atoms with E-state index in [1.54, 1.807) is 0 Å². The average molecular weight is 161 g/mol. The molecule has 1 aromatic rings. The number of aromatic nitrogens is 1. The minimum absolute atomic E-state index is 0.579. The molecule has 3 N–H and O–H groups in total. The summed E-state index contributed by atoms with van der Waals surface area (Å²) < 4.78 is 0. The molecule has 1 aromatic heterocycles. The van der Waals surface area contributed by atoms with E-state index < -0.39 is 5.66 Å². The van der Waals surface area contributed by atoms with E-state index in [0.29, 0.717) is 0 Å². The predicted molar refractivity (Wildman–Crippen MR) is 47.8 cm³/mol. The summed E-state index contributed by atoms with van der Waals surface area (Å²) in [4.78, 5) is 7.44. The zero-order chi connectivity index (χ0) is 8.60. The van der Waals surface area contributed by atoms with Crippen molar-refractivity contribution in [2.75, 3.05) is 0 Å². The number of allylic oxidation sites excluding steroid dienone is 1. The van der Waals surface area contributed by atoms with Crippen LogP contribution in [0.2, 0.25) is 0 Å². The molecule has 1 atom stereocenters. The van der Waals surface area contributed by atoms with Gasteiger partial charge in [-0.15, -0.1) is 0 Å². The second-order valence-electron chi connectivity index (χ2n) is 3.14. The fourth-order valence-electron chi connectivity index (χ4n) is 1.24. The molecule has 2 heterocycles. The smallest absolute Gasteiger partial charge is 0.125 e. The summed E-state index contributed by atoms with van der Waals surface area (Å²) in [6, 6.07) is 1.92. The summed E-state index contributed by atoms with van der Waals surface area (Å²) in [5.74, 6) is 0. The molecular formula is C9H11N3. The number of rotatable bonds is 0. The Morgan fingerprint density at radius 1 is 1.58 bits per heavy atom. The molecule has 0 fully saturated rings. The average Bonchev–Trinajstić information content (AvgIpc) is 2.31. The third-order valence-corrected chi connectivity index (χ3v) is 1.81. The molecule has 0 saturated carbocycles. The Hall–Kier alpha value is -1.35. The fourth-order valence-corrected chi connectivity index (χ4v) is 1.24. The summed E-state index contributed by atoms with van der Waals surface area (Å²) in [6.45, 7) is 1.87. The first-order valence-corrected chi connectivity index (χ1v) is 3.89. The standard InChI is InChI=1S/C9H11N3/c1-9(10)5-2-3-7-8(12-9)4-6-11-7/h2-6,11H,10H2,1H3. The van der Waals surface area contributed by atoms with Crippen molar-refractivity contribution in [3.05, 3.63) is 35.1 Å². The highest BCUT2D eigenvalue weighted by Crippen LogP contribution is 2.02. The lowest BCUT2D eigenvalue weighted by Crippen LogP contribution is -2.35. The van der Waals surface area contributed by atoms with E-state index in [9.17, 15) is 0 Å². The van der Waals surface area contributed by atoms with E-state index in [2.05, 4.69) is 9.98 Å². The summed E-state index contributed by atoms with van der Waals surface area (Å²) in [7, 11) is 0. The van der Waals surface area contributed by atoms with Crippen molar-refractivity contribution in [2.24, 2.45) is 10.7 Å². The zero-order valence-corrected chi connectivity index (χ0v) is 6.91.